The topological polar surface area (TPSA) is 78.0 Å². The highest BCUT2D eigenvalue weighted by molar-refractivity contribution is 6.20. The van der Waals surface area contributed by atoms with E-state index in [0.717, 1.165) is 12.8 Å². The molecule has 1 unspecified atom stereocenters. The van der Waals surface area contributed by atoms with Gasteiger partial charge < -0.3 is 0 Å². The summed E-state index contributed by atoms with van der Waals surface area (Å²) >= 11 is 6.16. The summed E-state index contributed by atoms with van der Waals surface area (Å²) in [6.45, 7) is 0.440. The van der Waals surface area contributed by atoms with E-state index in [1.165, 1.54) is 18.2 Å². The van der Waals surface area contributed by atoms with Gasteiger partial charge in [0.15, 0.2) is 0 Å². The number of nitro benzene ring substituents is 1. The van der Waals surface area contributed by atoms with E-state index in [4.69, 9.17) is 11.6 Å². The van der Waals surface area contributed by atoms with Gasteiger partial charge in [-0.2, -0.15) is 0 Å². The molecule has 0 bridgehead atoms. The SMILES string of the molecule is O=c1c2ccc([N+](=O)[O-])cc2nc2n1CC(Cl)CCC2. The average Bonchev–Trinajstić information content (AvgIpc) is 2.60. The Kier molecular flexibility index (Phi) is 3.17. The number of halogens is 1. The molecule has 20 heavy (non-hydrogen) atoms. The summed E-state index contributed by atoms with van der Waals surface area (Å²) in [5, 5.41) is 11.1. The standard InChI is InChI=1S/C13H12ClN3O3/c14-8-2-1-3-12-15-11-6-9(17(19)20)4-5-10(11)13(18)16(12)7-8/h4-6,8H,1-3,7H2. The molecule has 1 atom stereocenters. The number of hydrogen-bond acceptors (Lipinski definition) is 4. The third-order valence-corrected chi connectivity index (χ3v) is 3.88. The minimum absolute atomic E-state index is 0.0572. The highest BCUT2D eigenvalue weighted by Gasteiger charge is 2.19. The summed E-state index contributed by atoms with van der Waals surface area (Å²) in [7, 11) is 0. The zero-order chi connectivity index (χ0) is 14.3. The number of fused-ring (bicyclic) bond motifs is 2. The molecule has 1 aliphatic heterocycles. The van der Waals surface area contributed by atoms with Crippen molar-refractivity contribution in [3.8, 4) is 0 Å². The molecule has 0 aliphatic carbocycles. The molecule has 0 amide bonds. The van der Waals surface area contributed by atoms with Crippen LogP contribution in [0.15, 0.2) is 23.0 Å². The number of non-ortho nitro benzene ring substituents is 1. The molecule has 2 aromatic rings. The van der Waals surface area contributed by atoms with Crippen molar-refractivity contribution < 1.29 is 4.92 Å². The molecule has 0 saturated carbocycles. The molecule has 1 aromatic carbocycles. The Hall–Kier alpha value is -1.95. The molecule has 3 rings (SSSR count). The molecule has 0 radical (unpaired) electrons. The van der Waals surface area contributed by atoms with Gasteiger partial charge in [-0.3, -0.25) is 19.5 Å². The van der Waals surface area contributed by atoms with Crippen molar-refractivity contribution in [2.24, 2.45) is 0 Å². The van der Waals surface area contributed by atoms with Crippen LogP contribution < -0.4 is 5.56 Å². The summed E-state index contributed by atoms with van der Waals surface area (Å²) in [4.78, 5) is 27.2. The smallest absolute Gasteiger partial charge is 0.271 e. The van der Waals surface area contributed by atoms with Gasteiger partial charge in [-0.1, -0.05) is 0 Å². The molecule has 0 spiro atoms. The summed E-state index contributed by atoms with van der Waals surface area (Å²) in [6.07, 6.45) is 2.36. The second-order valence-corrected chi connectivity index (χ2v) is 5.51. The zero-order valence-corrected chi connectivity index (χ0v) is 11.3. The molecule has 0 saturated heterocycles. The van der Waals surface area contributed by atoms with E-state index in [-0.39, 0.29) is 16.6 Å². The summed E-state index contributed by atoms with van der Waals surface area (Å²) in [5.74, 6) is 0.658. The predicted octanol–water partition coefficient (Wildman–Crippen LogP) is 2.25. The van der Waals surface area contributed by atoms with Crippen LogP contribution >= 0.6 is 11.6 Å². The van der Waals surface area contributed by atoms with E-state index in [2.05, 4.69) is 4.98 Å². The first-order chi connectivity index (χ1) is 9.56. The Bertz CT molecular complexity index is 756. The van der Waals surface area contributed by atoms with Crippen molar-refractivity contribution in [2.75, 3.05) is 0 Å². The van der Waals surface area contributed by atoms with Crippen LogP contribution in [0, 0.1) is 10.1 Å². The van der Waals surface area contributed by atoms with Gasteiger partial charge in [0, 0.05) is 25.1 Å². The number of nitro groups is 1. The number of nitrogens with zero attached hydrogens (tertiary/aromatic N) is 3. The third-order valence-electron chi connectivity index (χ3n) is 3.53. The van der Waals surface area contributed by atoms with Crippen molar-refractivity contribution >= 4 is 28.2 Å². The minimum atomic E-state index is -0.487. The number of aromatic nitrogens is 2. The van der Waals surface area contributed by atoms with Gasteiger partial charge in [-0.15, -0.1) is 11.6 Å². The maximum atomic E-state index is 12.4. The third kappa shape index (κ3) is 2.16. The number of benzene rings is 1. The highest BCUT2D eigenvalue weighted by atomic mass is 35.5. The van der Waals surface area contributed by atoms with E-state index in [1.54, 1.807) is 4.57 Å². The van der Waals surface area contributed by atoms with E-state index < -0.39 is 4.92 Å². The van der Waals surface area contributed by atoms with Crippen molar-refractivity contribution in [3.63, 3.8) is 0 Å². The molecule has 6 nitrogen and oxygen atoms in total. The monoisotopic (exact) mass is 293 g/mol. The number of hydrogen-bond donors (Lipinski definition) is 0. The fraction of sp³-hybridized carbons (Fsp3) is 0.385. The Balaban J connectivity index is 2.25. The Morgan fingerprint density at radius 2 is 2.25 bits per heavy atom. The highest BCUT2D eigenvalue weighted by Crippen LogP contribution is 2.21. The van der Waals surface area contributed by atoms with E-state index >= 15 is 0 Å². The lowest BCUT2D eigenvalue weighted by Gasteiger charge is -2.11. The van der Waals surface area contributed by atoms with Crippen molar-refractivity contribution in [3.05, 3.63) is 44.5 Å². The second-order valence-electron chi connectivity index (χ2n) is 4.89. The number of aryl methyl sites for hydroxylation is 1. The maximum Gasteiger partial charge on any atom is 0.271 e. The van der Waals surface area contributed by atoms with Crippen LogP contribution in [0.5, 0.6) is 0 Å². The van der Waals surface area contributed by atoms with Gasteiger partial charge in [0.1, 0.15) is 5.82 Å². The largest absolute Gasteiger partial charge is 0.295 e. The van der Waals surface area contributed by atoms with Crippen molar-refractivity contribution in [1.29, 1.82) is 0 Å². The summed E-state index contributed by atoms with van der Waals surface area (Å²) < 4.78 is 1.60. The summed E-state index contributed by atoms with van der Waals surface area (Å²) in [6, 6.07) is 4.14. The van der Waals surface area contributed by atoms with Crippen molar-refractivity contribution in [1.82, 2.24) is 9.55 Å². The molecule has 7 heteroatoms. The molecular formula is C13H12ClN3O3. The first-order valence-corrected chi connectivity index (χ1v) is 6.82. The first-order valence-electron chi connectivity index (χ1n) is 6.38. The molecule has 104 valence electrons. The van der Waals surface area contributed by atoms with Gasteiger partial charge in [0.25, 0.3) is 11.2 Å². The van der Waals surface area contributed by atoms with Crippen LogP contribution in [0.3, 0.4) is 0 Å². The van der Waals surface area contributed by atoms with E-state index in [0.29, 0.717) is 29.7 Å². The molecular weight excluding hydrogens is 282 g/mol. The Morgan fingerprint density at radius 1 is 1.45 bits per heavy atom. The lowest BCUT2D eigenvalue weighted by atomic mass is 10.2. The molecule has 2 heterocycles. The van der Waals surface area contributed by atoms with E-state index in [9.17, 15) is 14.9 Å². The van der Waals surface area contributed by atoms with Crippen LogP contribution in [0.2, 0.25) is 0 Å². The molecule has 0 fully saturated rings. The Labute approximate surface area is 119 Å². The van der Waals surface area contributed by atoms with Crippen LogP contribution in [0.25, 0.3) is 10.9 Å². The predicted molar refractivity (Wildman–Crippen MR) is 75.2 cm³/mol. The van der Waals surface area contributed by atoms with Gasteiger partial charge in [-0.25, -0.2) is 4.98 Å². The maximum absolute atomic E-state index is 12.4. The normalized spacial score (nSPS) is 18.6. The van der Waals surface area contributed by atoms with Gasteiger partial charge in [-0.05, 0) is 18.9 Å². The first kappa shape index (κ1) is 13.1. The number of rotatable bonds is 1. The fourth-order valence-corrected chi connectivity index (χ4v) is 2.81. The summed E-state index contributed by atoms with van der Waals surface area (Å²) in [5.41, 5.74) is 0.147. The minimum Gasteiger partial charge on any atom is -0.295 e. The number of alkyl halides is 1. The van der Waals surface area contributed by atoms with Crippen LogP contribution in [0.4, 0.5) is 5.69 Å². The average molecular weight is 294 g/mol. The quantitative estimate of drug-likeness (QED) is 0.459. The van der Waals surface area contributed by atoms with E-state index in [1.807, 2.05) is 0 Å². The fourth-order valence-electron chi connectivity index (χ4n) is 2.52. The lowest BCUT2D eigenvalue weighted by molar-refractivity contribution is -0.384. The van der Waals surface area contributed by atoms with Crippen LogP contribution in [-0.4, -0.2) is 19.9 Å². The van der Waals surface area contributed by atoms with Gasteiger partial charge >= 0.3 is 0 Å². The van der Waals surface area contributed by atoms with Gasteiger partial charge in [0.05, 0.1) is 21.2 Å². The molecule has 0 N–H and O–H groups in total. The molecule has 1 aliphatic rings. The van der Waals surface area contributed by atoms with Crippen molar-refractivity contribution in [2.45, 2.75) is 31.2 Å². The Morgan fingerprint density at radius 3 is 3.00 bits per heavy atom. The lowest BCUT2D eigenvalue weighted by Crippen LogP contribution is -2.27. The van der Waals surface area contributed by atoms with Gasteiger partial charge in [0.2, 0.25) is 0 Å². The van der Waals surface area contributed by atoms with Crippen LogP contribution in [-0.2, 0) is 13.0 Å². The second kappa shape index (κ2) is 4.86. The zero-order valence-electron chi connectivity index (χ0n) is 10.6. The van der Waals surface area contributed by atoms with Crippen LogP contribution in [0.1, 0.15) is 18.7 Å². The molecule has 1 aromatic heterocycles.